The van der Waals surface area contributed by atoms with Crippen molar-refractivity contribution in [1.82, 2.24) is 15.1 Å². The van der Waals surface area contributed by atoms with Gasteiger partial charge in [-0.1, -0.05) is 20.8 Å². The predicted molar refractivity (Wildman–Crippen MR) is 84.0 cm³/mol. The number of carbonyl (C=O) groups excluding carboxylic acids is 1. The predicted octanol–water partition coefficient (Wildman–Crippen LogP) is 1.29. The maximum Gasteiger partial charge on any atom is 0.241 e. The van der Waals surface area contributed by atoms with Gasteiger partial charge in [0.15, 0.2) is 0 Å². The van der Waals surface area contributed by atoms with E-state index in [0.29, 0.717) is 5.92 Å². The Morgan fingerprint density at radius 3 is 2.52 bits per heavy atom. The van der Waals surface area contributed by atoms with Crippen LogP contribution in [0.1, 0.15) is 40.5 Å². The van der Waals surface area contributed by atoms with Gasteiger partial charge in [0.2, 0.25) is 5.91 Å². The van der Waals surface area contributed by atoms with E-state index in [-0.39, 0.29) is 24.2 Å². The summed E-state index contributed by atoms with van der Waals surface area (Å²) in [4.78, 5) is 17.1. The van der Waals surface area contributed by atoms with Gasteiger partial charge >= 0.3 is 0 Å². The van der Waals surface area contributed by atoms with Crippen LogP contribution in [0.3, 0.4) is 0 Å². The molecule has 0 aromatic rings. The summed E-state index contributed by atoms with van der Waals surface area (Å²) in [5.74, 6) is 0.868. The molecule has 2 saturated heterocycles. The molecule has 3 unspecified atom stereocenters. The molecule has 21 heavy (non-hydrogen) atoms. The summed E-state index contributed by atoms with van der Waals surface area (Å²) in [5, 5.41) is 3.52. The number of ether oxygens (including phenoxy) is 1. The quantitative estimate of drug-likeness (QED) is 0.802. The molecule has 5 heteroatoms. The van der Waals surface area contributed by atoms with Crippen molar-refractivity contribution in [3.8, 4) is 0 Å². The van der Waals surface area contributed by atoms with Crippen molar-refractivity contribution >= 4 is 5.91 Å². The van der Waals surface area contributed by atoms with E-state index in [1.165, 1.54) is 0 Å². The molecule has 0 aromatic carbocycles. The number of nitrogens with zero attached hydrogens (tertiary/aromatic N) is 2. The topological polar surface area (TPSA) is 44.8 Å². The van der Waals surface area contributed by atoms with E-state index in [1.807, 2.05) is 0 Å². The minimum absolute atomic E-state index is 0.000823. The number of hydrogen-bond donors (Lipinski definition) is 1. The van der Waals surface area contributed by atoms with Gasteiger partial charge in [-0.3, -0.25) is 15.0 Å². The molecule has 0 aliphatic carbocycles. The molecular formula is C16H31N3O2. The van der Waals surface area contributed by atoms with Crippen molar-refractivity contribution in [2.24, 2.45) is 5.92 Å². The van der Waals surface area contributed by atoms with Crippen LogP contribution in [0.5, 0.6) is 0 Å². The van der Waals surface area contributed by atoms with E-state index in [4.69, 9.17) is 4.74 Å². The summed E-state index contributed by atoms with van der Waals surface area (Å²) in [6, 6.07) is 0.254. The standard InChI is InChI=1S/C16H31N3O2/c1-5-14-16(20)19(15(17-14)10-12(2)3)13(4)11-18-6-8-21-9-7-18/h12-15,17H,5-11H2,1-4H3. The average Bonchev–Trinajstić information content (AvgIpc) is 2.75. The molecule has 1 amide bonds. The Hall–Kier alpha value is -0.650. The van der Waals surface area contributed by atoms with E-state index in [0.717, 1.165) is 45.7 Å². The first-order valence-corrected chi connectivity index (χ1v) is 8.41. The van der Waals surface area contributed by atoms with Crippen LogP contribution < -0.4 is 5.32 Å². The zero-order valence-corrected chi connectivity index (χ0v) is 14.0. The number of rotatable bonds is 6. The van der Waals surface area contributed by atoms with E-state index >= 15 is 0 Å². The monoisotopic (exact) mass is 297 g/mol. The first-order chi connectivity index (χ1) is 10.0. The van der Waals surface area contributed by atoms with Crippen LogP contribution in [0, 0.1) is 5.92 Å². The second-order valence-electron chi connectivity index (χ2n) is 6.78. The van der Waals surface area contributed by atoms with Crippen LogP contribution in [0.25, 0.3) is 0 Å². The van der Waals surface area contributed by atoms with Gasteiger partial charge in [-0.15, -0.1) is 0 Å². The highest BCUT2D eigenvalue weighted by Crippen LogP contribution is 2.22. The molecule has 2 aliphatic heterocycles. The van der Waals surface area contributed by atoms with Crippen molar-refractivity contribution in [1.29, 1.82) is 0 Å². The van der Waals surface area contributed by atoms with Gasteiger partial charge in [-0.2, -0.15) is 0 Å². The number of amides is 1. The lowest BCUT2D eigenvalue weighted by Gasteiger charge is -2.36. The molecule has 2 fully saturated rings. The Bertz CT molecular complexity index is 342. The lowest BCUT2D eigenvalue weighted by Crippen LogP contribution is -2.50. The Morgan fingerprint density at radius 1 is 1.29 bits per heavy atom. The van der Waals surface area contributed by atoms with Gasteiger partial charge in [0.1, 0.15) is 0 Å². The van der Waals surface area contributed by atoms with Crippen molar-refractivity contribution in [2.45, 2.75) is 58.8 Å². The van der Waals surface area contributed by atoms with Crippen molar-refractivity contribution < 1.29 is 9.53 Å². The van der Waals surface area contributed by atoms with Crippen LogP contribution >= 0.6 is 0 Å². The lowest BCUT2D eigenvalue weighted by molar-refractivity contribution is -0.132. The number of morpholine rings is 1. The normalized spacial score (nSPS) is 29.4. The third-order valence-electron chi connectivity index (χ3n) is 4.49. The molecule has 0 saturated carbocycles. The molecule has 3 atom stereocenters. The molecule has 5 nitrogen and oxygen atoms in total. The fourth-order valence-corrected chi connectivity index (χ4v) is 3.41. The highest BCUT2D eigenvalue weighted by molar-refractivity contribution is 5.84. The minimum atomic E-state index is 0.000823. The minimum Gasteiger partial charge on any atom is -0.379 e. The highest BCUT2D eigenvalue weighted by atomic mass is 16.5. The van der Waals surface area contributed by atoms with Crippen LogP contribution in [-0.4, -0.2) is 66.8 Å². The Morgan fingerprint density at radius 2 is 1.95 bits per heavy atom. The molecule has 2 rings (SSSR count). The van der Waals surface area contributed by atoms with Gasteiger partial charge < -0.3 is 9.64 Å². The summed E-state index contributed by atoms with van der Waals surface area (Å²) >= 11 is 0. The smallest absolute Gasteiger partial charge is 0.241 e. The molecule has 2 heterocycles. The van der Waals surface area contributed by atoms with Crippen molar-refractivity contribution in [3.05, 3.63) is 0 Å². The molecule has 1 N–H and O–H groups in total. The molecule has 0 spiro atoms. The summed E-state index contributed by atoms with van der Waals surface area (Å²) in [5.41, 5.74) is 0. The van der Waals surface area contributed by atoms with Crippen molar-refractivity contribution in [2.75, 3.05) is 32.8 Å². The van der Waals surface area contributed by atoms with E-state index in [9.17, 15) is 4.79 Å². The first kappa shape index (κ1) is 16.7. The van der Waals surface area contributed by atoms with Gasteiger partial charge in [-0.25, -0.2) is 0 Å². The molecular weight excluding hydrogens is 266 g/mol. The fraction of sp³-hybridized carbons (Fsp3) is 0.938. The molecule has 0 bridgehead atoms. The van der Waals surface area contributed by atoms with E-state index in [2.05, 4.69) is 42.8 Å². The van der Waals surface area contributed by atoms with Crippen LogP contribution in [0.2, 0.25) is 0 Å². The zero-order chi connectivity index (χ0) is 15.4. The average molecular weight is 297 g/mol. The van der Waals surface area contributed by atoms with Gasteiger partial charge in [0.05, 0.1) is 25.4 Å². The van der Waals surface area contributed by atoms with Crippen molar-refractivity contribution in [3.63, 3.8) is 0 Å². The Kier molecular flexibility index (Phi) is 6.02. The van der Waals surface area contributed by atoms with Gasteiger partial charge in [-0.05, 0) is 25.7 Å². The summed E-state index contributed by atoms with van der Waals surface area (Å²) in [6.45, 7) is 13.2. The zero-order valence-electron chi connectivity index (χ0n) is 14.0. The summed E-state index contributed by atoms with van der Waals surface area (Å²) in [7, 11) is 0. The second kappa shape index (κ2) is 7.56. The Balaban J connectivity index is 1.99. The Labute approximate surface area is 129 Å². The summed E-state index contributed by atoms with van der Waals surface area (Å²) < 4.78 is 5.40. The third-order valence-corrected chi connectivity index (χ3v) is 4.49. The van der Waals surface area contributed by atoms with Crippen LogP contribution in [-0.2, 0) is 9.53 Å². The van der Waals surface area contributed by atoms with Crippen LogP contribution in [0.4, 0.5) is 0 Å². The third kappa shape index (κ3) is 4.18. The fourth-order valence-electron chi connectivity index (χ4n) is 3.41. The maximum atomic E-state index is 12.6. The second-order valence-corrected chi connectivity index (χ2v) is 6.78. The molecule has 122 valence electrons. The largest absolute Gasteiger partial charge is 0.379 e. The number of hydrogen-bond acceptors (Lipinski definition) is 4. The first-order valence-electron chi connectivity index (χ1n) is 8.41. The van der Waals surface area contributed by atoms with Gasteiger partial charge in [0, 0.05) is 25.7 Å². The van der Waals surface area contributed by atoms with Gasteiger partial charge in [0.25, 0.3) is 0 Å². The molecule has 2 aliphatic rings. The van der Waals surface area contributed by atoms with E-state index in [1.54, 1.807) is 0 Å². The summed E-state index contributed by atoms with van der Waals surface area (Å²) in [6.07, 6.45) is 2.09. The molecule has 0 aromatic heterocycles. The van der Waals surface area contributed by atoms with E-state index < -0.39 is 0 Å². The molecule has 0 radical (unpaired) electrons. The van der Waals surface area contributed by atoms with Crippen LogP contribution in [0.15, 0.2) is 0 Å². The number of carbonyl (C=O) groups is 1. The SMILES string of the molecule is CCC1NC(CC(C)C)N(C(C)CN2CCOCC2)C1=O. The maximum absolute atomic E-state index is 12.6. The number of nitrogens with one attached hydrogen (secondary N) is 1. The highest BCUT2D eigenvalue weighted by Gasteiger charge is 2.40. The lowest BCUT2D eigenvalue weighted by atomic mass is 10.1.